The van der Waals surface area contributed by atoms with Crippen LogP contribution in [0.1, 0.15) is 0 Å². The van der Waals surface area contributed by atoms with Crippen LogP contribution in [0.15, 0.2) is 33.7 Å². The number of rotatable bonds is 0. The van der Waals surface area contributed by atoms with Crippen molar-refractivity contribution in [2.75, 3.05) is 0 Å². The molecule has 6 heteroatoms. The highest BCUT2D eigenvalue weighted by Gasteiger charge is 2.09. The fourth-order valence-electron chi connectivity index (χ4n) is 1.72. The molecule has 1 aromatic carbocycles. The van der Waals surface area contributed by atoms with Crippen LogP contribution >= 0.6 is 38.8 Å². The number of imidazole rings is 1. The minimum absolute atomic E-state index is 0.134. The molecule has 0 atom stereocenters. The van der Waals surface area contributed by atoms with Crippen LogP contribution in [0.4, 0.5) is 0 Å². The summed E-state index contributed by atoms with van der Waals surface area (Å²) in [4.78, 5) is 18.6. The molecule has 0 radical (unpaired) electrons. The van der Waals surface area contributed by atoms with Crippen molar-refractivity contribution in [1.29, 1.82) is 0 Å². The Kier molecular flexibility index (Phi) is 2.28. The van der Waals surface area contributed by atoms with E-state index in [1.807, 2.05) is 41.1 Å². The molecular formula is C10H5BrIN3O. The van der Waals surface area contributed by atoms with Crippen LogP contribution in [-0.2, 0) is 0 Å². The molecule has 0 fully saturated rings. The van der Waals surface area contributed by atoms with Gasteiger partial charge in [-0.05, 0) is 18.2 Å². The minimum atomic E-state index is -0.134. The molecular weight excluding hydrogens is 385 g/mol. The standard InChI is InChI=1S/C10H5BrIN3O/c11-5-1-2-7-6(3-5)9-8(4-13-7)14-10(16)15(9)12/h1-4H,(H,14,16). The Labute approximate surface area is 112 Å². The van der Waals surface area contributed by atoms with E-state index >= 15 is 0 Å². The second kappa shape index (κ2) is 3.56. The van der Waals surface area contributed by atoms with E-state index in [4.69, 9.17) is 0 Å². The van der Waals surface area contributed by atoms with Gasteiger partial charge in [-0.2, -0.15) is 0 Å². The van der Waals surface area contributed by atoms with Gasteiger partial charge in [0.05, 0.1) is 45.6 Å². The zero-order chi connectivity index (χ0) is 11.3. The van der Waals surface area contributed by atoms with E-state index in [-0.39, 0.29) is 5.69 Å². The molecule has 1 N–H and O–H groups in total. The van der Waals surface area contributed by atoms with Crippen molar-refractivity contribution in [2.45, 2.75) is 0 Å². The van der Waals surface area contributed by atoms with Gasteiger partial charge < -0.3 is 4.98 Å². The lowest BCUT2D eigenvalue weighted by Gasteiger charge is -2.00. The predicted octanol–water partition coefficient (Wildman–Crippen LogP) is 2.84. The molecule has 80 valence electrons. The Hall–Kier alpha value is -0.890. The number of H-pyrrole nitrogens is 1. The van der Waals surface area contributed by atoms with Crippen LogP contribution in [0, 0.1) is 0 Å². The summed E-state index contributed by atoms with van der Waals surface area (Å²) in [7, 11) is 0. The van der Waals surface area contributed by atoms with Gasteiger partial charge in [-0.3, -0.25) is 4.98 Å². The molecule has 0 aliphatic heterocycles. The summed E-state index contributed by atoms with van der Waals surface area (Å²) in [6, 6.07) is 5.82. The van der Waals surface area contributed by atoms with Gasteiger partial charge in [-0.15, -0.1) is 0 Å². The summed E-state index contributed by atoms with van der Waals surface area (Å²) >= 11 is 5.41. The molecule has 0 saturated carbocycles. The number of aromatic nitrogens is 3. The molecule has 0 spiro atoms. The van der Waals surface area contributed by atoms with Crippen molar-refractivity contribution < 1.29 is 0 Å². The number of aromatic amines is 1. The lowest BCUT2D eigenvalue weighted by Crippen LogP contribution is -2.06. The fourth-order valence-corrected chi connectivity index (χ4v) is 2.72. The maximum atomic E-state index is 11.5. The van der Waals surface area contributed by atoms with E-state index in [1.54, 1.807) is 8.98 Å². The third-order valence-electron chi connectivity index (χ3n) is 2.42. The number of nitrogens with zero attached hydrogens (tertiary/aromatic N) is 2. The van der Waals surface area contributed by atoms with E-state index < -0.39 is 0 Å². The maximum Gasteiger partial charge on any atom is 0.335 e. The zero-order valence-corrected chi connectivity index (χ0v) is 11.6. The highest BCUT2D eigenvalue weighted by molar-refractivity contribution is 14.1. The molecule has 0 unspecified atom stereocenters. The van der Waals surface area contributed by atoms with Crippen molar-refractivity contribution in [3.63, 3.8) is 0 Å². The average Bonchev–Trinajstić information content (AvgIpc) is 2.55. The van der Waals surface area contributed by atoms with Crippen molar-refractivity contribution in [1.82, 2.24) is 12.7 Å². The first-order valence-electron chi connectivity index (χ1n) is 4.52. The number of halogens is 2. The number of fused-ring (bicyclic) bond motifs is 3. The Balaban J connectivity index is 2.66. The molecule has 0 aliphatic rings. The summed E-state index contributed by atoms with van der Waals surface area (Å²) in [5.74, 6) is 0. The molecule has 3 aromatic rings. The lowest BCUT2D eigenvalue weighted by atomic mass is 10.2. The Morgan fingerprint density at radius 1 is 1.44 bits per heavy atom. The monoisotopic (exact) mass is 389 g/mol. The normalized spacial score (nSPS) is 11.4. The quantitative estimate of drug-likeness (QED) is 0.601. The van der Waals surface area contributed by atoms with Crippen molar-refractivity contribution >= 4 is 60.7 Å². The van der Waals surface area contributed by atoms with Gasteiger partial charge in [0.15, 0.2) is 0 Å². The summed E-state index contributed by atoms with van der Waals surface area (Å²) in [5.41, 5.74) is 2.37. The van der Waals surface area contributed by atoms with Gasteiger partial charge >= 0.3 is 5.69 Å². The van der Waals surface area contributed by atoms with Gasteiger partial charge in [0.1, 0.15) is 0 Å². The summed E-state index contributed by atoms with van der Waals surface area (Å²) in [6.45, 7) is 0. The van der Waals surface area contributed by atoms with Crippen LogP contribution in [-0.4, -0.2) is 12.7 Å². The van der Waals surface area contributed by atoms with Crippen molar-refractivity contribution in [2.24, 2.45) is 0 Å². The summed E-state index contributed by atoms with van der Waals surface area (Å²) in [6.07, 6.45) is 1.68. The summed E-state index contributed by atoms with van der Waals surface area (Å²) in [5, 5.41) is 0.958. The Morgan fingerprint density at radius 3 is 3.06 bits per heavy atom. The lowest BCUT2D eigenvalue weighted by molar-refractivity contribution is 1.19. The minimum Gasteiger partial charge on any atom is -0.304 e. The van der Waals surface area contributed by atoms with E-state index in [2.05, 4.69) is 25.9 Å². The van der Waals surface area contributed by atoms with E-state index in [1.165, 1.54) is 0 Å². The topological polar surface area (TPSA) is 50.7 Å². The molecule has 2 heterocycles. The largest absolute Gasteiger partial charge is 0.335 e. The summed E-state index contributed by atoms with van der Waals surface area (Å²) < 4.78 is 2.54. The Morgan fingerprint density at radius 2 is 2.25 bits per heavy atom. The van der Waals surface area contributed by atoms with E-state index in [9.17, 15) is 4.79 Å². The van der Waals surface area contributed by atoms with Gasteiger partial charge in [0.25, 0.3) is 0 Å². The first-order valence-corrected chi connectivity index (χ1v) is 6.28. The number of nitrogens with one attached hydrogen (secondary N) is 1. The third kappa shape index (κ3) is 1.40. The molecule has 0 saturated heterocycles. The van der Waals surface area contributed by atoms with Gasteiger partial charge in [0, 0.05) is 9.86 Å². The number of benzene rings is 1. The number of hydrogen-bond acceptors (Lipinski definition) is 2. The second-order valence-corrected chi connectivity index (χ2v) is 5.27. The van der Waals surface area contributed by atoms with Gasteiger partial charge in [0.2, 0.25) is 0 Å². The molecule has 4 nitrogen and oxygen atoms in total. The van der Waals surface area contributed by atoms with Gasteiger partial charge in [-0.1, -0.05) is 15.9 Å². The first kappa shape index (κ1) is 10.3. The first-order chi connectivity index (χ1) is 7.66. The number of pyridine rings is 1. The predicted molar refractivity (Wildman–Crippen MR) is 75.0 cm³/mol. The molecule has 0 amide bonds. The highest BCUT2D eigenvalue weighted by atomic mass is 127. The van der Waals surface area contributed by atoms with Crippen molar-refractivity contribution in [3.05, 3.63) is 39.4 Å². The van der Waals surface area contributed by atoms with E-state index in [0.29, 0.717) is 0 Å². The van der Waals surface area contributed by atoms with Crippen LogP contribution in [0.2, 0.25) is 0 Å². The fraction of sp³-hybridized carbons (Fsp3) is 0. The molecule has 3 rings (SSSR count). The molecule has 0 aliphatic carbocycles. The highest BCUT2D eigenvalue weighted by Crippen LogP contribution is 2.25. The van der Waals surface area contributed by atoms with Gasteiger partial charge in [-0.25, -0.2) is 7.58 Å². The smallest absolute Gasteiger partial charge is 0.304 e. The van der Waals surface area contributed by atoms with E-state index in [0.717, 1.165) is 26.4 Å². The second-order valence-electron chi connectivity index (χ2n) is 3.39. The zero-order valence-electron chi connectivity index (χ0n) is 7.87. The third-order valence-corrected chi connectivity index (χ3v) is 3.83. The molecule has 2 aromatic heterocycles. The maximum absolute atomic E-state index is 11.5. The Bertz CT molecular complexity index is 762. The van der Waals surface area contributed by atoms with Crippen LogP contribution in [0.5, 0.6) is 0 Å². The number of hydrogen-bond donors (Lipinski definition) is 1. The van der Waals surface area contributed by atoms with Crippen molar-refractivity contribution in [3.8, 4) is 0 Å². The van der Waals surface area contributed by atoms with Crippen LogP contribution in [0.25, 0.3) is 21.9 Å². The molecule has 0 bridgehead atoms. The SMILES string of the molecule is O=c1[nH]c2cnc3ccc(Br)cc3c2n1I. The van der Waals surface area contributed by atoms with Crippen LogP contribution in [0.3, 0.4) is 0 Å². The average molecular weight is 390 g/mol. The van der Waals surface area contributed by atoms with Crippen LogP contribution < -0.4 is 5.69 Å². The molecule has 16 heavy (non-hydrogen) atoms.